The summed E-state index contributed by atoms with van der Waals surface area (Å²) in [6.07, 6.45) is 5.08. The van der Waals surface area contributed by atoms with Crippen molar-refractivity contribution < 1.29 is 4.39 Å². The van der Waals surface area contributed by atoms with E-state index in [1.807, 2.05) is 18.2 Å². The van der Waals surface area contributed by atoms with Crippen molar-refractivity contribution in [1.29, 1.82) is 0 Å². The number of rotatable bonds is 5. The van der Waals surface area contributed by atoms with Gasteiger partial charge in [0.1, 0.15) is 11.6 Å². The Labute approximate surface area is 162 Å². The number of nitrogens with two attached hydrogens (primary N) is 1. The molecule has 0 radical (unpaired) electrons. The summed E-state index contributed by atoms with van der Waals surface area (Å²) in [5.41, 5.74) is 8.51. The Kier molecular flexibility index (Phi) is 3.93. The molecule has 2 aromatic carbocycles. The maximum absolute atomic E-state index is 13.6. The van der Waals surface area contributed by atoms with Gasteiger partial charge in [-0.05, 0) is 66.8 Å². The second-order valence-corrected chi connectivity index (χ2v) is 8.01. The maximum Gasteiger partial charge on any atom is 0.222 e. The number of halogens is 2. The normalized spacial score (nSPS) is 16.9. The minimum atomic E-state index is -0.429. The van der Waals surface area contributed by atoms with Gasteiger partial charge in [-0.2, -0.15) is 4.98 Å². The van der Waals surface area contributed by atoms with Crippen LogP contribution in [0, 0.1) is 17.7 Å². The fourth-order valence-corrected chi connectivity index (χ4v) is 4.08. The molecule has 27 heavy (non-hydrogen) atoms. The molecule has 2 aliphatic rings. The Morgan fingerprint density at radius 2 is 1.81 bits per heavy atom. The monoisotopic (exact) mass is 382 g/mol. The Morgan fingerprint density at radius 3 is 2.48 bits per heavy atom. The predicted molar refractivity (Wildman–Crippen MR) is 107 cm³/mol. The Balaban J connectivity index is 1.66. The molecule has 138 valence electrons. The van der Waals surface area contributed by atoms with Crippen LogP contribution in [0.3, 0.4) is 0 Å². The number of fused-ring (bicyclic) bond motifs is 1. The van der Waals surface area contributed by atoms with Gasteiger partial charge in [0.2, 0.25) is 5.95 Å². The third-order valence-electron chi connectivity index (χ3n) is 5.53. The van der Waals surface area contributed by atoms with Crippen LogP contribution in [-0.4, -0.2) is 16.0 Å². The van der Waals surface area contributed by atoms with Crippen LogP contribution in [0.4, 0.5) is 16.2 Å². The minimum absolute atomic E-state index is 0.101. The molecule has 2 aliphatic carbocycles. The highest BCUT2D eigenvalue weighted by Crippen LogP contribution is 2.46. The minimum Gasteiger partial charge on any atom is -0.368 e. The van der Waals surface area contributed by atoms with Crippen LogP contribution in [0.2, 0.25) is 5.02 Å². The van der Waals surface area contributed by atoms with E-state index in [9.17, 15) is 4.39 Å². The van der Waals surface area contributed by atoms with E-state index in [4.69, 9.17) is 17.3 Å². The van der Waals surface area contributed by atoms with Crippen LogP contribution in [0.5, 0.6) is 0 Å². The van der Waals surface area contributed by atoms with Crippen LogP contribution < -0.4 is 11.1 Å². The summed E-state index contributed by atoms with van der Waals surface area (Å²) in [5.74, 6) is 2.02. The van der Waals surface area contributed by atoms with Gasteiger partial charge in [-0.1, -0.05) is 29.8 Å². The van der Waals surface area contributed by atoms with Crippen molar-refractivity contribution in [3.63, 3.8) is 0 Å². The van der Waals surface area contributed by atoms with Crippen LogP contribution in [0.15, 0.2) is 36.4 Å². The van der Waals surface area contributed by atoms with Gasteiger partial charge in [0.25, 0.3) is 0 Å². The number of aromatic nitrogens is 2. The van der Waals surface area contributed by atoms with Gasteiger partial charge in [-0.3, -0.25) is 0 Å². The number of benzene rings is 2. The fourth-order valence-electron chi connectivity index (χ4n) is 3.90. The Bertz CT molecular complexity index is 1020. The second kappa shape index (κ2) is 6.34. The van der Waals surface area contributed by atoms with Crippen molar-refractivity contribution in [3.05, 3.63) is 47.2 Å². The van der Waals surface area contributed by atoms with E-state index in [0.717, 1.165) is 39.7 Å². The molecule has 0 aliphatic heterocycles. The molecule has 6 heteroatoms. The molecule has 4 nitrogen and oxygen atoms in total. The van der Waals surface area contributed by atoms with Crippen molar-refractivity contribution in [1.82, 2.24) is 9.97 Å². The first kappa shape index (κ1) is 16.8. The third-order valence-corrected chi connectivity index (χ3v) is 5.82. The summed E-state index contributed by atoms with van der Waals surface area (Å²) in [6.45, 7) is 0. The van der Waals surface area contributed by atoms with Gasteiger partial charge >= 0.3 is 0 Å². The molecule has 0 saturated heterocycles. The lowest BCUT2D eigenvalue weighted by Gasteiger charge is -2.21. The molecule has 2 saturated carbocycles. The molecule has 3 N–H and O–H groups in total. The number of nitrogens with one attached hydrogen (secondary N) is 1. The van der Waals surface area contributed by atoms with Gasteiger partial charge < -0.3 is 11.1 Å². The molecule has 0 atom stereocenters. The van der Waals surface area contributed by atoms with E-state index in [0.29, 0.717) is 6.04 Å². The number of anilines is 2. The third kappa shape index (κ3) is 3.21. The molecule has 2 fully saturated rings. The topological polar surface area (TPSA) is 63.8 Å². The van der Waals surface area contributed by atoms with Gasteiger partial charge in [-0.25, -0.2) is 9.37 Å². The lowest BCUT2D eigenvalue weighted by atomic mass is 10.00. The fraction of sp³-hybridized carbons (Fsp3) is 0.333. The first-order valence-corrected chi connectivity index (χ1v) is 9.76. The maximum atomic E-state index is 13.6. The lowest BCUT2D eigenvalue weighted by Crippen LogP contribution is -2.25. The van der Waals surface area contributed by atoms with Gasteiger partial charge in [0.05, 0.1) is 15.9 Å². The second-order valence-electron chi connectivity index (χ2n) is 7.60. The molecule has 1 heterocycles. The highest BCUT2D eigenvalue weighted by Gasteiger charge is 2.41. The molecular formula is C21H20ClFN4. The molecule has 1 aromatic heterocycles. The number of nitrogens with zero attached hydrogens (tertiary/aromatic N) is 2. The largest absolute Gasteiger partial charge is 0.368 e. The summed E-state index contributed by atoms with van der Waals surface area (Å²) >= 11 is 6.02. The van der Waals surface area contributed by atoms with Crippen molar-refractivity contribution >= 4 is 34.3 Å². The number of hydrogen-bond acceptors (Lipinski definition) is 4. The van der Waals surface area contributed by atoms with E-state index < -0.39 is 5.82 Å². The molecule has 0 spiro atoms. The first-order chi connectivity index (χ1) is 13.1. The smallest absolute Gasteiger partial charge is 0.222 e. The summed E-state index contributed by atoms with van der Waals surface area (Å²) in [7, 11) is 0. The van der Waals surface area contributed by atoms with Crippen LogP contribution in [0.1, 0.15) is 25.7 Å². The Hall–Kier alpha value is -2.40. The average Bonchev–Trinajstić information content (AvgIpc) is 3.54. The average molecular weight is 383 g/mol. The van der Waals surface area contributed by atoms with Gasteiger partial charge in [0, 0.05) is 6.04 Å². The number of nitrogen functional groups attached to an aromatic ring is 1. The van der Waals surface area contributed by atoms with Crippen molar-refractivity contribution in [2.75, 3.05) is 11.1 Å². The predicted octanol–water partition coefficient (Wildman–Crippen LogP) is 5.27. The zero-order chi connectivity index (χ0) is 18.5. The molecule has 5 rings (SSSR count). The zero-order valence-electron chi connectivity index (χ0n) is 14.8. The highest BCUT2D eigenvalue weighted by molar-refractivity contribution is 6.31. The van der Waals surface area contributed by atoms with Crippen molar-refractivity contribution in [2.24, 2.45) is 11.8 Å². The molecule has 0 unspecified atom stereocenters. The first-order valence-electron chi connectivity index (χ1n) is 9.38. The van der Waals surface area contributed by atoms with E-state index in [2.05, 4.69) is 15.3 Å². The van der Waals surface area contributed by atoms with Gasteiger partial charge in [0.15, 0.2) is 0 Å². The Morgan fingerprint density at radius 1 is 1.07 bits per heavy atom. The summed E-state index contributed by atoms with van der Waals surface area (Å²) in [6, 6.07) is 11.0. The summed E-state index contributed by atoms with van der Waals surface area (Å²) in [4.78, 5) is 8.95. The standard InChI is InChI=1S/C21H20ClFN4/c22-15-10-13(8-9-16(15)23)14-2-1-3-17-18(14)20(27-21(24)25-17)26-19(11-4-5-11)12-6-7-12/h1-3,8-12,19H,4-7H2,(H3,24,25,26,27). The summed E-state index contributed by atoms with van der Waals surface area (Å²) < 4.78 is 13.6. The van der Waals surface area contributed by atoms with E-state index in [-0.39, 0.29) is 11.0 Å². The van der Waals surface area contributed by atoms with Gasteiger partial charge in [-0.15, -0.1) is 0 Å². The molecule has 3 aromatic rings. The van der Waals surface area contributed by atoms with Crippen molar-refractivity contribution in [3.8, 4) is 11.1 Å². The van der Waals surface area contributed by atoms with Crippen LogP contribution in [0.25, 0.3) is 22.0 Å². The van der Waals surface area contributed by atoms with E-state index >= 15 is 0 Å². The van der Waals surface area contributed by atoms with Crippen LogP contribution in [-0.2, 0) is 0 Å². The van der Waals surface area contributed by atoms with Crippen molar-refractivity contribution in [2.45, 2.75) is 31.7 Å². The molecule has 0 amide bonds. The highest BCUT2D eigenvalue weighted by atomic mass is 35.5. The van der Waals surface area contributed by atoms with E-state index in [1.165, 1.54) is 31.7 Å². The summed E-state index contributed by atoms with van der Waals surface area (Å²) in [5, 5.41) is 4.69. The lowest BCUT2D eigenvalue weighted by molar-refractivity contribution is 0.566. The molecular weight excluding hydrogens is 363 g/mol. The quantitative estimate of drug-likeness (QED) is 0.630. The van der Waals surface area contributed by atoms with E-state index in [1.54, 1.807) is 12.1 Å². The zero-order valence-corrected chi connectivity index (χ0v) is 15.5. The SMILES string of the molecule is Nc1nc(NC(C2CC2)C2CC2)c2c(-c3ccc(F)c(Cl)c3)cccc2n1. The van der Waals surface area contributed by atoms with Crippen LogP contribution >= 0.6 is 11.6 Å². The molecule has 0 bridgehead atoms. The number of hydrogen-bond donors (Lipinski definition) is 2.